The van der Waals surface area contributed by atoms with E-state index in [1.165, 1.54) is 0 Å². The summed E-state index contributed by atoms with van der Waals surface area (Å²) in [6.45, 7) is 0. The lowest BCUT2D eigenvalue weighted by atomic mass is 10.0. The van der Waals surface area contributed by atoms with Gasteiger partial charge in [0.15, 0.2) is 5.78 Å². The van der Waals surface area contributed by atoms with Crippen molar-refractivity contribution in [2.24, 2.45) is 0 Å². The zero-order valence-electron chi connectivity index (χ0n) is 8.78. The second-order valence-electron chi connectivity index (χ2n) is 3.57. The number of hydrogen-bond acceptors (Lipinski definition) is 2. The van der Waals surface area contributed by atoms with Crippen molar-refractivity contribution in [3.05, 3.63) is 61.6 Å². The van der Waals surface area contributed by atoms with E-state index in [0.29, 0.717) is 16.8 Å². The average Bonchev–Trinajstić information content (AvgIpc) is 2.33. The molecule has 0 aromatic heterocycles. The highest BCUT2D eigenvalue weighted by molar-refractivity contribution is 14.1. The van der Waals surface area contributed by atoms with Gasteiger partial charge >= 0.3 is 0 Å². The van der Waals surface area contributed by atoms with Crippen LogP contribution in [0.2, 0.25) is 0 Å². The van der Waals surface area contributed by atoms with Gasteiger partial charge in [0.25, 0.3) is 0 Å². The fraction of sp³-hybridized carbons (Fsp3) is 0. The third-order valence-electron chi connectivity index (χ3n) is 2.37. The Morgan fingerprint density at radius 3 is 2.24 bits per heavy atom. The first kappa shape index (κ1) is 12.6. The summed E-state index contributed by atoms with van der Waals surface area (Å²) in [5.74, 6) is 0.00194. The lowest BCUT2D eigenvalue weighted by Crippen LogP contribution is -2.01. The van der Waals surface area contributed by atoms with Crippen LogP contribution < -0.4 is 5.73 Å². The third kappa shape index (κ3) is 2.87. The van der Waals surface area contributed by atoms with Crippen LogP contribution in [-0.2, 0) is 0 Å². The smallest absolute Gasteiger partial charge is 0.193 e. The summed E-state index contributed by atoms with van der Waals surface area (Å²) in [7, 11) is 0. The monoisotopic (exact) mass is 401 g/mol. The van der Waals surface area contributed by atoms with E-state index >= 15 is 0 Å². The van der Waals surface area contributed by atoms with Crippen LogP contribution in [0.5, 0.6) is 0 Å². The number of carbonyl (C=O) groups is 1. The van der Waals surface area contributed by atoms with Crippen LogP contribution in [-0.4, -0.2) is 5.78 Å². The molecule has 2 nitrogen and oxygen atoms in total. The van der Waals surface area contributed by atoms with Gasteiger partial charge in [0, 0.05) is 24.9 Å². The van der Waals surface area contributed by atoms with E-state index in [0.717, 1.165) is 8.04 Å². The highest BCUT2D eigenvalue weighted by Gasteiger charge is 2.09. The van der Waals surface area contributed by atoms with Gasteiger partial charge in [-0.2, -0.15) is 0 Å². The molecule has 0 atom stereocenters. The predicted octanol–water partition coefficient (Wildman–Crippen LogP) is 3.87. The van der Waals surface area contributed by atoms with Gasteiger partial charge in [0.1, 0.15) is 0 Å². The molecule has 0 aliphatic rings. The Kier molecular flexibility index (Phi) is 3.83. The normalized spacial score (nSPS) is 10.2. The summed E-state index contributed by atoms with van der Waals surface area (Å²) < 4.78 is 1.85. The maximum Gasteiger partial charge on any atom is 0.193 e. The van der Waals surface area contributed by atoms with Gasteiger partial charge in [-0.15, -0.1) is 0 Å². The molecular formula is C13H9BrINO. The molecule has 2 aromatic carbocycles. The van der Waals surface area contributed by atoms with Crippen molar-refractivity contribution in [2.75, 3.05) is 5.73 Å². The van der Waals surface area contributed by atoms with Gasteiger partial charge in [0.05, 0.1) is 0 Å². The zero-order chi connectivity index (χ0) is 12.4. The number of hydrogen-bond donors (Lipinski definition) is 1. The molecule has 0 saturated heterocycles. The standard InChI is InChI=1S/C13H9BrINO/c14-11-7-9(3-6-12(11)16)13(17)8-1-4-10(15)5-2-8/h1-7H,16H2. The lowest BCUT2D eigenvalue weighted by Gasteiger charge is -2.04. The summed E-state index contributed by atoms with van der Waals surface area (Å²) in [5, 5.41) is 0. The minimum absolute atomic E-state index is 0.00194. The second-order valence-corrected chi connectivity index (χ2v) is 5.67. The van der Waals surface area contributed by atoms with Crippen molar-refractivity contribution in [3.8, 4) is 0 Å². The highest BCUT2D eigenvalue weighted by Crippen LogP contribution is 2.22. The SMILES string of the molecule is Nc1ccc(C(=O)c2ccc(I)cc2)cc1Br. The number of nitrogen functional groups attached to an aromatic ring is 1. The molecule has 0 amide bonds. The molecular weight excluding hydrogens is 393 g/mol. The minimum Gasteiger partial charge on any atom is -0.398 e. The van der Waals surface area contributed by atoms with E-state index in [4.69, 9.17) is 5.73 Å². The predicted molar refractivity (Wildman–Crippen MR) is 81.1 cm³/mol. The number of nitrogens with two attached hydrogens (primary N) is 1. The number of rotatable bonds is 2. The number of halogens is 2. The lowest BCUT2D eigenvalue weighted by molar-refractivity contribution is 0.103. The number of benzene rings is 2. The maximum atomic E-state index is 12.2. The molecule has 2 aromatic rings. The van der Waals surface area contributed by atoms with Crippen LogP contribution in [0, 0.1) is 3.57 Å². The van der Waals surface area contributed by atoms with Crippen molar-refractivity contribution < 1.29 is 4.79 Å². The van der Waals surface area contributed by atoms with E-state index < -0.39 is 0 Å². The Hall–Kier alpha value is -0.880. The summed E-state index contributed by atoms with van der Waals surface area (Å²) >= 11 is 5.53. The molecule has 0 saturated carbocycles. The van der Waals surface area contributed by atoms with E-state index in [2.05, 4.69) is 38.5 Å². The largest absolute Gasteiger partial charge is 0.398 e. The Balaban J connectivity index is 2.37. The van der Waals surface area contributed by atoms with Crippen molar-refractivity contribution in [3.63, 3.8) is 0 Å². The van der Waals surface area contributed by atoms with Crippen molar-refractivity contribution >= 4 is 50.0 Å². The van der Waals surface area contributed by atoms with Crippen molar-refractivity contribution in [1.29, 1.82) is 0 Å². The maximum absolute atomic E-state index is 12.2. The average molecular weight is 402 g/mol. The molecule has 2 rings (SSSR count). The van der Waals surface area contributed by atoms with Gasteiger partial charge in [-0.1, -0.05) is 0 Å². The Labute approximate surface area is 121 Å². The first-order chi connectivity index (χ1) is 8.08. The topological polar surface area (TPSA) is 43.1 Å². The Morgan fingerprint density at radius 1 is 1.06 bits per heavy atom. The van der Waals surface area contributed by atoms with Gasteiger partial charge in [0.2, 0.25) is 0 Å². The molecule has 0 fully saturated rings. The molecule has 0 bridgehead atoms. The number of ketones is 1. The summed E-state index contributed by atoms with van der Waals surface area (Å²) in [6.07, 6.45) is 0. The van der Waals surface area contributed by atoms with E-state index in [1.807, 2.05) is 24.3 Å². The molecule has 0 aliphatic heterocycles. The van der Waals surface area contributed by atoms with E-state index in [1.54, 1.807) is 18.2 Å². The van der Waals surface area contributed by atoms with Crippen LogP contribution >= 0.6 is 38.5 Å². The molecule has 86 valence electrons. The number of anilines is 1. The molecule has 2 N–H and O–H groups in total. The first-order valence-electron chi connectivity index (χ1n) is 4.93. The summed E-state index contributed by atoms with van der Waals surface area (Å²) in [4.78, 5) is 12.2. The molecule has 17 heavy (non-hydrogen) atoms. The first-order valence-corrected chi connectivity index (χ1v) is 6.80. The van der Waals surface area contributed by atoms with Crippen LogP contribution in [0.3, 0.4) is 0 Å². The third-order valence-corrected chi connectivity index (χ3v) is 3.77. The zero-order valence-corrected chi connectivity index (χ0v) is 12.5. The molecule has 4 heteroatoms. The molecule has 0 radical (unpaired) electrons. The second kappa shape index (κ2) is 5.18. The summed E-state index contributed by atoms with van der Waals surface area (Å²) in [6, 6.07) is 12.7. The Morgan fingerprint density at radius 2 is 1.65 bits per heavy atom. The summed E-state index contributed by atoms with van der Waals surface area (Å²) in [5.41, 5.74) is 7.63. The highest BCUT2D eigenvalue weighted by atomic mass is 127. The fourth-order valence-corrected chi connectivity index (χ4v) is 2.17. The minimum atomic E-state index is 0.00194. The quantitative estimate of drug-likeness (QED) is 0.471. The van der Waals surface area contributed by atoms with Crippen molar-refractivity contribution in [2.45, 2.75) is 0 Å². The van der Waals surface area contributed by atoms with E-state index in [9.17, 15) is 4.79 Å². The van der Waals surface area contributed by atoms with Crippen LogP contribution in [0.1, 0.15) is 15.9 Å². The van der Waals surface area contributed by atoms with Gasteiger partial charge < -0.3 is 5.73 Å². The van der Waals surface area contributed by atoms with Crippen LogP contribution in [0.15, 0.2) is 46.9 Å². The molecule has 0 unspecified atom stereocenters. The van der Waals surface area contributed by atoms with Crippen LogP contribution in [0.25, 0.3) is 0 Å². The molecule has 0 spiro atoms. The fourth-order valence-electron chi connectivity index (χ4n) is 1.44. The van der Waals surface area contributed by atoms with Gasteiger partial charge in [-0.25, -0.2) is 0 Å². The van der Waals surface area contributed by atoms with Crippen LogP contribution in [0.4, 0.5) is 5.69 Å². The molecule has 0 heterocycles. The van der Waals surface area contributed by atoms with Gasteiger partial charge in [-0.05, 0) is 81.0 Å². The Bertz CT molecular complexity index is 566. The van der Waals surface area contributed by atoms with Crippen molar-refractivity contribution in [1.82, 2.24) is 0 Å². The number of carbonyl (C=O) groups excluding carboxylic acids is 1. The van der Waals surface area contributed by atoms with Gasteiger partial charge in [-0.3, -0.25) is 4.79 Å². The van der Waals surface area contributed by atoms with E-state index in [-0.39, 0.29) is 5.78 Å². The molecule has 0 aliphatic carbocycles.